The molecule has 0 atom stereocenters. The summed E-state index contributed by atoms with van der Waals surface area (Å²) >= 11 is 0. The Balaban J connectivity index is 2.09. The molecule has 68 valence electrons. The highest BCUT2D eigenvalue weighted by Gasteiger charge is 2.12. The van der Waals surface area contributed by atoms with Gasteiger partial charge in [-0.25, -0.2) is 9.71 Å². The van der Waals surface area contributed by atoms with Crippen LogP contribution >= 0.6 is 0 Å². The maximum Gasteiger partial charge on any atom is 0.247 e. The summed E-state index contributed by atoms with van der Waals surface area (Å²) in [5.74, 6) is 0.884. The van der Waals surface area contributed by atoms with Gasteiger partial charge in [0.05, 0.1) is 13.0 Å². The topological polar surface area (TPSA) is 26.0 Å². The average Bonchev–Trinajstić information content (AvgIpc) is 2.57. The van der Waals surface area contributed by atoms with Gasteiger partial charge >= 0.3 is 0 Å². The first-order chi connectivity index (χ1) is 6.34. The minimum Gasteiger partial charge on any atom is -0.278 e. The third-order valence-electron chi connectivity index (χ3n) is 2.06. The fourth-order valence-electron chi connectivity index (χ4n) is 1.44. The van der Waals surface area contributed by atoms with E-state index in [9.17, 15) is 4.39 Å². The SMILES string of the molecule is Fc1cccc(NC2=[NH+]CCC2)c1. The third kappa shape index (κ3) is 2.05. The third-order valence-corrected chi connectivity index (χ3v) is 2.06. The van der Waals surface area contributed by atoms with Gasteiger partial charge in [0.2, 0.25) is 5.84 Å². The van der Waals surface area contributed by atoms with E-state index in [1.54, 1.807) is 6.07 Å². The number of nitrogens with one attached hydrogen (secondary N) is 2. The quantitative estimate of drug-likeness (QED) is 0.645. The molecule has 0 spiro atoms. The summed E-state index contributed by atoms with van der Waals surface area (Å²) in [7, 11) is 0. The van der Waals surface area contributed by atoms with Crippen molar-refractivity contribution in [3.8, 4) is 0 Å². The molecule has 2 nitrogen and oxygen atoms in total. The lowest BCUT2D eigenvalue weighted by molar-refractivity contribution is -0.447. The number of hydrogen-bond donors (Lipinski definition) is 2. The van der Waals surface area contributed by atoms with Crippen LogP contribution in [0.25, 0.3) is 0 Å². The molecule has 2 rings (SSSR count). The van der Waals surface area contributed by atoms with Crippen LogP contribution in [-0.2, 0) is 0 Å². The normalized spacial score (nSPS) is 15.6. The van der Waals surface area contributed by atoms with E-state index >= 15 is 0 Å². The van der Waals surface area contributed by atoms with Gasteiger partial charge in [-0.1, -0.05) is 6.07 Å². The Morgan fingerprint density at radius 3 is 3.00 bits per heavy atom. The molecule has 0 fully saturated rings. The van der Waals surface area contributed by atoms with Crippen molar-refractivity contribution in [1.82, 2.24) is 0 Å². The molecule has 0 saturated carbocycles. The molecule has 13 heavy (non-hydrogen) atoms. The van der Waals surface area contributed by atoms with E-state index in [0.29, 0.717) is 0 Å². The molecule has 3 heteroatoms. The Hall–Kier alpha value is -1.38. The average molecular weight is 179 g/mol. The maximum absolute atomic E-state index is 12.8. The van der Waals surface area contributed by atoms with Crippen LogP contribution in [0.5, 0.6) is 0 Å². The van der Waals surface area contributed by atoms with Crippen LogP contribution in [0, 0.1) is 5.82 Å². The fourth-order valence-corrected chi connectivity index (χ4v) is 1.44. The van der Waals surface area contributed by atoms with Crippen molar-refractivity contribution < 1.29 is 9.38 Å². The largest absolute Gasteiger partial charge is 0.278 e. The van der Waals surface area contributed by atoms with Crippen LogP contribution in [0.2, 0.25) is 0 Å². The van der Waals surface area contributed by atoms with Gasteiger partial charge in [-0.2, -0.15) is 0 Å². The predicted molar refractivity (Wildman–Crippen MR) is 50.1 cm³/mol. The number of anilines is 1. The van der Waals surface area contributed by atoms with E-state index in [2.05, 4.69) is 10.3 Å². The molecule has 0 amide bonds. The molecule has 2 N–H and O–H groups in total. The molecule has 0 aromatic heterocycles. The minimum atomic E-state index is -0.205. The Kier molecular flexibility index (Phi) is 2.25. The van der Waals surface area contributed by atoms with Gasteiger partial charge in [-0.05, 0) is 18.6 Å². The zero-order valence-corrected chi connectivity index (χ0v) is 7.31. The standard InChI is InChI=1S/C10H11FN2/c11-8-3-1-4-9(7-8)13-10-5-2-6-12-10/h1,3-4,7H,2,5-6H2,(H,12,13)/p+1. The second-order valence-corrected chi connectivity index (χ2v) is 3.14. The zero-order chi connectivity index (χ0) is 9.10. The predicted octanol–water partition coefficient (Wildman–Crippen LogP) is 0.510. The molecular weight excluding hydrogens is 167 g/mol. The monoisotopic (exact) mass is 179 g/mol. The highest BCUT2D eigenvalue weighted by atomic mass is 19.1. The molecule has 0 radical (unpaired) electrons. The van der Waals surface area contributed by atoms with Crippen LogP contribution in [0.3, 0.4) is 0 Å². The smallest absolute Gasteiger partial charge is 0.247 e. The molecule has 0 bridgehead atoms. The number of halogens is 1. The van der Waals surface area contributed by atoms with Crippen molar-refractivity contribution in [2.45, 2.75) is 12.8 Å². The Labute approximate surface area is 76.5 Å². The van der Waals surface area contributed by atoms with Gasteiger partial charge in [0, 0.05) is 6.07 Å². The van der Waals surface area contributed by atoms with E-state index in [-0.39, 0.29) is 5.82 Å². The van der Waals surface area contributed by atoms with Crippen molar-refractivity contribution in [3.63, 3.8) is 0 Å². The number of amidine groups is 1. The number of benzene rings is 1. The summed E-state index contributed by atoms with van der Waals surface area (Å²) < 4.78 is 12.8. The van der Waals surface area contributed by atoms with Crippen LogP contribution < -0.4 is 10.3 Å². The lowest BCUT2D eigenvalue weighted by atomic mass is 10.3. The molecule has 0 aliphatic carbocycles. The molecule has 0 saturated heterocycles. The summed E-state index contributed by atoms with van der Waals surface area (Å²) in [5.41, 5.74) is 0.810. The van der Waals surface area contributed by atoms with Crippen molar-refractivity contribution in [2.24, 2.45) is 0 Å². The Morgan fingerprint density at radius 1 is 1.38 bits per heavy atom. The van der Waals surface area contributed by atoms with Gasteiger partial charge in [0.15, 0.2) is 0 Å². The lowest BCUT2D eigenvalue weighted by Gasteiger charge is -1.97. The van der Waals surface area contributed by atoms with Gasteiger partial charge in [-0.15, -0.1) is 0 Å². The summed E-state index contributed by atoms with van der Waals surface area (Å²) in [4.78, 5) is 3.21. The van der Waals surface area contributed by atoms with E-state index in [1.807, 2.05) is 6.07 Å². The van der Waals surface area contributed by atoms with Gasteiger partial charge in [-0.3, -0.25) is 4.99 Å². The second-order valence-electron chi connectivity index (χ2n) is 3.14. The second kappa shape index (κ2) is 3.56. The summed E-state index contributed by atoms with van der Waals surface area (Å²) in [6.07, 6.45) is 2.17. The first-order valence-electron chi connectivity index (χ1n) is 4.47. The number of hydrogen-bond acceptors (Lipinski definition) is 1. The van der Waals surface area contributed by atoms with Crippen molar-refractivity contribution >= 4 is 11.5 Å². The first-order valence-corrected chi connectivity index (χ1v) is 4.47. The van der Waals surface area contributed by atoms with Crippen LogP contribution in [0.15, 0.2) is 24.3 Å². The van der Waals surface area contributed by atoms with Crippen molar-refractivity contribution in [2.75, 3.05) is 11.9 Å². The molecule has 1 aliphatic rings. The van der Waals surface area contributed by atoms with Gasteiger partial charge in [0.1, 0.15) is 11.5 Å². The zero-order valence-electron chi connectivity index (χ0n) is 7.31. The maximum atomic E-state index is 12.8. The highest BCUT2D eigenvalue weighted by molar-refractivity contribution is 5.91. The van der Waals surface area contributed by atoms with E-state index in [4.69, 9.17) is 0 Å². The molecule has 0 unspecified atom stereocenters. The minimum absolute atomic E-state index is 0.205. The summed E-state index contributed by atoms with van der Waals surface area (Å²) in [5, 5.41) is 3.15. The van der Waals surface area contributed by atoms with Crippen molar-refractivity contribution in [3.05, 3.63) is 30.1 Å². The fraction of sp³-hybridized carbons (Fsp3) is 0.300. The molecule has 1 aliphatic heterocycles. The summed E-state index contributed by atoms with van der Waals surface area (Å²) in [6.45, 7) is 1.01. The van der Waals surface area contributed by atoms with Gasteiger partial charge in [0.25, 0.3) is 0 Å². The van der Waals surface area contributed by atoms with E-state index in [1.165, 1.54) is 12.1 Å². The van der Waals surface area contributed by atoms with Crippen LogP contribution in [0.4, 0.5) is 10.1 Å². The van der Waals surface area contributed by atoms with Crippen LogP contribution in [0.1, 0.15) is 12.8 Å². The highest BCUT2D eigenvalue weighted by Crippen LogP contribution is 2.09. The molecule has 1 aromatic carbocycles. The lowest BCUT2D eigenvalue weighted by Crippen LogP contribution is -2.70. The summed E-state index contributed by atoms with van der Waals surface area (Å²) in [6, 6.07) is 6.49. The molecular formula is C10H12FN2+. The number of rotatable bonds is 1. The van der Waals surface area contributed by atoms with E-state index in [0.717, 1.165) is 30.9 Å². The first kappa shape index (κ1) is 8.23. The Morgan fingerprint density at radius 2 is 2.31 bits per heavy atom. The molecule has 1 aromatic rings. The van der Waals surface area contributed by atoms with Crippen molar-refractivity contribution in [1.29, 1.82) is 0 Å². The molecule has 1 heterocycles. The van der Waals surface area contributed by atoms with Crippen LogP contribution in [-0.4, -0.2) is 12.4 Å². The van der Waals surface area contributed by atoms with Gasteiger partial charge < -0.3 is 0 Å². The van der Waals surface area contributed by atoms with E-state index < -0.39 is 0 Å². The Bertz CT molecular complexity index is 333.